The molecule has 1 fully saturated rings. The van der Waals surface area contributed by atoms with Crippen LogP contribution in [0.1, 0.15) is 19.3 Å². The lowest BCUT2D eigenvalue weighted by molar-refractivity contribution is 0.00700. The summed E-state index contributed by atoms with van der Waals surface area (Å²) in [6.07, 6.45) is 0.0260. The maximum atomic E-state index is 12.2. The summed E-state index contributed by atoms with van der Waals surface area (Å²) in [6.45, 7) is 0. The van der Waals surface area contributed by atoms with E-state index >= 15 is 0 Å². The van der Waals surface area contributed by atoms with Gasteiger partial charge in [0, 0.05) is 12.8 Å². The van der Waals surface area contributed by atoms with Gasteiger partial charge in [0.1, 0.15) is 0 Å². The van der Waals surface area contributed by atoms with Crippen LogP contribution in [-0.4, -0.2) is 5.92 Å². The fourth-order valence-electron chi connectivity index (χ4n) is 1.06. The van der Waals surface area contributed by atoms with E-state index in [1.165, 1.54) is 0 Å². The third-order valence-electron chi connectivity index (χ3n) is 1.59. The smallest absolute Gasteiger partial charge is 0.207 e. The van der Waals surface area contributed by atoms with Crippen molar-refractivity contribution >= 4 is 0 Å². The fraction of sp³-hybridized carbons (Fsp3) is 0.833. The van der Waals surface area contributed by atoms with Crippen molar-refractivity contribution < 1.29 is 8.78 Å². The second-order valence-corrected chi connectivity index (χ2v) is 2.42. The molecule has 0 aliphatic heterocycles. The molecule has 0 radical (unpaired) electrons. The molecule has 0 aromatic carbocycles. The van der Waals surface area contributed by atoms with Gasteiger partial charge in [0.2, 0.25) is 5.92 Å². The van der Waals surface area contributed by atoms with Gasteiger partial charge in [0.15, 0.2) is 0 Å². The first-order valence-corrected chi connectivity index (χ1v) is 2.91. The SMILES string of the molecule is N#C[C@@H]1CCC(F)(F)C1. The molecular formula is C6H7F2N. The second kappa shape index (κ2) is 1.94. The summed E-state index contributed by atoms with van der Waals surface area (Å²) in [5.41, 5.74) is 0. The number of hydrogen-bond donors (Lipinski definition) is 0. The molecule has 1 atom stereocenters. The fourth-order valence-corrected chi connectivity index (χ4v) is 1.06. The normalized spacial score (nSPS) is 31.9. The largest absolute Gasteiger partial charge is 0.249 e. The standard InChI is InChI=1S/C6H7F2N/c7-6(8)2-1-5(3-6)4-9/h5H,1-3H2/t5-/m1/s1. The summed E-state index contributed by atoms with van der Waals surface area (Å²) < 4.78 is 24.5. The summed E-state index contributed by atoms with van der Waals surface area (Å²) in [6, 6.07) is 1.84. The monoisotopic (exact) mass is 131 g/mol. The maximum Gasteiger partial charge on any atom is 0.249 e. The number of hydrogen-bond acceptors (Lipinski definition) is 1. The molecule has 0 aromatic rings. The first-order valence-electron chi connectivity index (χ1n) is 2.91. The first-order chi connectivity index (χ1) is 4.14. The minimum absolute atomic E-state index is 0.106. The molecule has 0 amide bonds. The number of rotatable bonds is 0. The Bertz CT molecular complexity index is 148. The van der Waals surface area contributed by atoms with Crippen LogP contribution in [0.5, 0.6) is 0 Å². The van der Waals surface area contributed by atoms with E-state index in [0.29, 0.717) is 6.42 Å². The molecule has 0 heterocycles. The Kier molecular flexibility index (Phi) is 1.40. The predicted molar refractivity (Wildman–Crippen MR) is 27.9 cm³/mol. The van der Waals surface area contributed by atoms with Gasteiger partial charge in [-0.25, -0.2) is 8.78 Å². The minimum Gasteiger partial charge on any atom is -0.207 e. The number of alkyl halides is 2. The zero-order valence-electron chi connectivity index (χ0n) is 4.90. The third kappa shape index (κ3) is 1.38. The Hall–Kier alpha value is -0.650. The summed E-state index contributed by atoms with van der Waals surface area (Å²) >= 11 is 0. The van der Waals surface area contributed by atoms with Gasteiger partial charge in [-0.3, -0.25) is 0 Å². The number of halogens is 2. The maximum absolute atomic E-state index is 12.2. The lowest BCUT2D eigenvalue weighted by Gasteiger charge is -2.03. The van der Waals surface area contributed by atoms with E-state index in [1.807, 2.05) is 6.07 Å². The highest BCUT2D eigenvalue weighted by molar-refractivity contribution is 4.93. The minimum atomic E-state index is -2.56. The van der Waals surface area contributed by atoms with Crippen molar-refractivity contribution in [3.8, 4) is 6.07 Å². The highest BCUT2D eigenvalue weighted by Crippen LogP contribution is 2.38. The molecule has 1 aliphatic rings. The lowest BCUT2D eigenvalue weighted by atomic mass is 10.1. The molecule has 0 bridgehead atoms. The topological polar surface area (TPSA) is 23.8 Å². The van der Waals surface area contributed by atoms with Crippen molar-refractivity contribution in [2.75, 3.05) is 0 Å². The van der Waals surface area contributed by atoms with E-state index in [1.54, 1.807) is 0 Å². The summed E-state index contributed by atoms with van der Waals surface area (Å²) in [5, 5.41) is 8.21. The van der Waals surface area contributed by atoms with Crippen LogP contribution in [0, 0.1) is 17.2 Å². The predicted octanol–water partition coefficient (Wildman–Crippen LogP) is 1.95. The molecule has 0 N–H and O–H groups in total. The van der Waals surface area contributed by atoms with Crippen molar-refractivity contribution in [1.82, 2.24) is 0 Å². The summed E-state index contributed by atoms with van der Waals surface area (Å²) in [4.78, 5) is 0. The van der Waals surface area contributed by atoms with Gasteiger partial charge >= 0.3 is 0 Å². The van der Waals surface area contributed by atoms with Crippen molar-refractivity contribution in [1.29, 1.82) is 5.26 Å². The van der Waals surface area contributed by atoms with Gasteiger partial charge in [0.25, 0.3) is 0 Å². The van der Waals surface area contributed by atoms with Crippen LogP contribution in [0.25, 0.3) is 0 Å². The van der Waals surface area contributed by atoms with Crippen LogP contribution >= 0.6 is 0 Å². The molecule has 9 heavy (non-hydrogen) atoms. The van der Waals surface area contributed by atoms with Crippen LogP contribution in [0.3, 0.4) is 0 Å². The van der Waals surface area contributed by atoms with Gasteiger partial charge in [0.05, 0.1) is 12.0 Å². The van der Waals surface area contributed by atoms with Crippen LogP contribution in [0.15, 0.2) is 0 Å². The van der Waals surface area contributed by atoms with Crippen LogP contribution in [0.4, 0.5) is 8.78 Å². The van der Waals surface area contributed by atoms with Gasteiger partial charge < -0.3 is 0 Å². The second-order valence-electron chi connectivity index (χ2n) is 2.42. The van der Waals surface area contributed by atoms with E-state index in [-0.39, 0.29) is 12.8 Å². The Balaban J connectivity index is 2.50. The summed E-state index contributed by atoms with van der Waals surface area (Å²) in [7, 11) is 0. The molecule has 0 aromatic heterocycles. The van der Waals surface area contributed by atoms with Gasteiger partial charge in [-0.1, -0.05) is 0 Å². The highest BCUT2D eigenvalue weighted by atomic mass is 19.3. The average Bonchev–Trinajstić information content (AvgIpc) is 2.10. The van der Waals surface area contributed by atoms with E-state index in [9.17, 15) is 8.78 Å². The zero-order valence-corrected chi connectivity index (χ0v) is 4.90. The molecule has 1 aliphatic carbocycles. The van der Waals surface area contributed by atoms with Crippen molar-refractivity contribution in [2.24, 2.45) is 5.92 Å². The molecular weight excluding hydrogens is 124 g/mol. The molecule has 50 valence electrons. The zero-order chi connectivity index (χ0) is 6.91. The molecule has 0 unspecified atom stereocenters. The van der Waals surface area contributed by atoms with Crippen LogP contribution in [0.2, 0.25) is 0 Å². The quantitative estimate of drug-likeness (QED) is 0.492. The van der Waals surface area contributed by atoms with Crippen LogP contribution in [-0.2, 0) is 0 Å². The molecule has 1 saturated carbocycles. The number of nitriles is 1. The van der Waals surface area contributed by atoms with E-state index in [2.05, 4.69) is 0 Å². The number of nitrogens with zero attached hydrogens (tertiary/aromatic N) is 1. The molecule has 3 heteroatoms. The van der Waals surface area contributed by atoms with Crippen molar-refractivity contribution in [2.45, 2.75) is 25.2 Å². The third-order valence-corrected chi connectivity index (χ3v) is 1.59. The Morgan fingerprint density at radius 2 is 2.22 bits per heavy atom. The van der Waals surface area contributed by atoms with E-state index in [4.69, 9.17) is 5.26 Å². The van der Waals surface area contributed by atoms with Gasteiger partial charge in [-0.15, -0.1) is 0 Å². The Morgan fingerprint density at radius 3 is 2.44 bits per heavy atom. The van der Waals surface area contributed by atoms with Crippen LogP contribution < -0.4 is 0 Å². The average molecular weight is 131 g/mol. The Morgan fingerprint density at radius 1 is 1.56 bits per heavy atom. The Labute approximate surface area is 52.3 Å². The molecule has 0 spiro atoms. The van der Waals surface area contributed by atoms with Gasteiger partial charge in [-0.2, -0.15) is 5.26 Å². The van der Waals surface area contributed by atoms with E-state index < -0.39 is 11.8 Å². The molecule has 1 rings (SSSR count). The molecule has 0 saturated heterocycles. The lowest BCUT2D eigenvalue weighted by Crippen LogP contribution is -2.08. The molecule has 1 nitrogen and oxygen atoms in total. The van der Waals surface area contributed by atoms with E-state index in [0.717, 1.165) is 0 Å². The van der Waals surface area contributed by atoms with Crippen molar-refractivity contribution in [3.63, 3.8) is 0 Å². The first kappa shape index (κ1) is 6.47. The van der Waals surface area contributed by atoms with Gasteiger partial charge in [-0.05, 0) is 6.42 Å². The summed E-state index contributed by atoms with van der Waals surface area (Å²) in [5.74, 6) is -2.96. The highest BCUT2D eigenvalue weighted by Gasteiger charge is 2.39. The van der Waals surface area contributed by atoms with Crippen molar-refractivity contribution in [3.05, 3.63) is 0 Å².